The number of hydrogen-bond donors (Lipinski definition) is 3. The zero-order chi connectivity index (χ0) is 70.1. The largest absolute Gasteiger partial charge is 0.472 e. The van der Waals surface area contributed by atoms with Crippen molar-refractivity contribution < 1.29 is 80.2 Å². The summed E-state index contributed by atoms with van der Waals surface area (Å²) in [5.74, 6) is 0.278. The zero-order valence-electron chi connectivity index (χ0n) is 62.1. The van der Waals surface area contributed by atoms with Crippen molar-refractivity contribution in [2.75, 3.05) is 39.6 Å². The SMILES string of the molecule is CCCCCCCCCCC(=O)OC[C@H](COP(=O)(O)OC[C@H](O)COP(=O)(O)OC[C@@H](COC(=O)CCCCCCCCCCCCC(C)CC)OC(=O)CCCCCCCCCCCCCCCCCCCCC(C)C)OC(=O)CCCCCCCCCCC(C)CC. The second-order valence-corrected chi connectivity index (χ2v) is 31.3. The number of rotatable bonds is 74. The van der Waals surface area contributed by atoms with Gasteiger partial charge in [0.05, 0.1) is 26.4 Å². The summed E-state index contributed by atoms with van der Waals surface area (Å²) in [6.07, 6.45) is 52.7. The molecule has 0 fully saturated rings. The van der Waals surface area contributed by atoms with Crippen LogP contribution in [-0.2, 0) is 65.4 Å². The van der Waals surface area contributed by atoms with Crippen molar-refractivity contribution in [3.05, 3.63) is 0 Å². The van der Waals surface area contributed by atoms with Gasteiger partial charge in [-0.3, -0.25) is 37.3 Å². The molecule has 3 N–H and O–H groups in total. The van der Waals surface area contributed by atoms with E-state index in [0.29, 0.717) is 25.7 Å². The molecular formula is C76H148O17P2. The maximum atomic E-state index is 13.1. The van der Waals surface area contributed by atoms with Crippen molar-refractivity contribution in [2.24, 2.45) is 17.8 Å². The number of aliphatic hydroxyl groups is 1. The topological polar surface area (TPSA) is 237 Å². The Morgan fingerprint density at radius 1 is 0.305 bits per heavy atom. The van der Waals surface area contributed by atoms with Crippen molar-refractivity contribution in [1.29, 1.82) is 0 Å². The standard InChI is InChI=1S/C76H148O17P2/c1-8-11-12-13-14-36-43-50-57-73(78)86-63-71(93-76(81)60-53-46-39-32-31-35-42-49-56-69(7)10-3)65-90-94(82,83)88-61-70(77)62-89-95(84,85)91-66-72(64-87-74(79)58-51-44-37-29-26-25-28-34-41-48-55-68(6)9-2)92-75(80)59-52-45-38-30-24-22-20-18-16-15-17-19-21-23-27-33-40-47-54-67(4)5/h67-72,77H,8-66H2,1-7H3,(H,82,83)(H,84,85)/t68?,69?,70-,71+,72+/m0/s1. The Bertz CT molecular complexity index is 1860. The maximum absolute atomic E-state index is 13.1. The number of unbranched alkanes of at least 4 members (excludes halogenated alkanes) is 40. The number of carbonyl (C=O) groups excluding carboxylic acids is 4. The van der Waals surface area contributed by atoms with Crippen LogP contribution in [0.15, 0.2) is 0 Å². The Balaban J connectivity index is 5.19. The molecule has 17 nitrogen and oxygen atoms in total. The molecule has 0 radical (unpaired) electrons. The summed E-state index contributed by atoms with van der Waals surface area (Å²) in [4.78, 5) is 72.7. The van der Waals surface area contributed by atoms with Crippen LogP contribution in [0.4, 0.5) is 0 Å². The van der Waals surface area contributed by atoms with Crippen LogP contribution in [0.25, 0.3) is 0 Å². The molecule has 0 aliphatic carbocycles. The first-order valence-electron chi connectivity index (χ1n) is 39.4. The lowest BCUT2D eigenvalue weighted by atomic mass is 9.99. The van der Waals surface area contributed by atoms with E-state index in [1.165, 1.54) is 193 Å². The van der Waals surface area contributed by atoms with Gasteiger partial charge in [-0.15, -0.1) is 0 Å². The fraction of sp³-hybridized carbons (Fsp3) is 0.947. The molecular weight excluding hydrogens is 1250 g/mol. The average molecular weight is 1400 g/mol. The highest BCUT2D eigenvalue weighted by molar-refractivity contribution is 7.47. The lowest BCUT2D eigenvalue weighted by Gasteiger charge is -2.21. The summed E-state index contributed by atoms with van der Waals surface area (Å²) < 4.78 is 68.4. The van der Waals surface area contributed by atoms with E-state index >= 15 is 0 Å². The molecule has 7 atom stereocenters. The molecule has 0 amide bonds. The number of aliphatic hydroxyl groups excluding tert-OH is 1. The Hall–Kier alpha value is -1.94. The van der Waals surface area contributed by atoms with E-state index in [4.69, 9.17) is 37.0 Å². The minimum Gasteiger partial charge on any atom is -0.462 e. The maximum Gasteiger partial charge on any atom is 0.472 e. The number of esters is 4. The Labute approximate surface area is 581 Å². The predicted octanol–water partition coefficient (Wildman–Crippen LogP) is 22.2. The van der Waals surface area contributed by atoms with Crippen LogP contribution < -0.4 is 0 Å². The average Bonchev–Trinajstić information content (AvgIpc) is 1.68. The molecule has 0 aliphatic heterocycles. The molecule has 564 valence electrons. The summed E-state index contributed by atoms with van der Waals surface area (Å²) in [7, 11) is -9.91. The Morgan fingerprint density at radius 3 is 0.800 bits per heavy atom. The molecule has 0 aromatic rings. The second kappa shape index (κ2) is 66.6. The van der Waals surface area contributed by atoms with Crippen molar-refractivity contribution in [1.82, 2.24) is 0 Å². The summed E-state index contributed by atoms with van der Waals surface area (Å²) >= 11 is 0. The van der Waals surface area contributed by atoms with E-state index in [2.05, 4.69) is 48.5 Å². The van der Waals surface area contributed by atoms with Gasteiger partial charge >= 0.3 is 39.5 Å². The van der Waals surface area contributed by atoms with E-state index in [9.17, 15) is 43.2 Å². The predicted molar refractivity (Wildman–Crippen MR) is 386 cm³/mol. The van der Waals surface area contributed by atoms with Crippen LogP contribution in [-0.4, -0.2) is 96.7 Å². The molecule has 0 aromatic carbocycles. The van der Waals surface area contributed by atoms with Crippen molar-refractivity contribution in [3.8, 4) is 0 Å². The second-order valence-electron chi connectivity index (χ2n) is 28.4. The third kappa shape index (κ3) is 67.6. The van der Waals surface area contributed by atoms with Crippen molar-refractivity contribution in [2.45, 2.75) is 407 Å². The van der Waals surface area contributed by atoms with Gasteiger partial charge < -0.3 is 33.8 Å². The number of hydrogen-bond acceptors (Lipinski definition) is 15. The van der Waals surface area contributed by atoms with Crippen LogP contribution in [0.5, 0.6) is 0 Å². The van der Waals surface area contributed by atoms with Gasteiger partial charge in [-0.05, 0) is 43.4 Å². The van der Waals surface area contributed by atoms with Crippen LogP contribution >= 0.6 is 15.6 Å². The summed E-state index contributed by atoms with van der Waals surface area (Å²) in [6.45, 7) is 11.9. The van der Waals surface area contributed by atoms with Crippen molar-refractivity contribution >= 4 is 39.5 Å². The minimum atomic E-state index is -4.96. The lowest BCUT2D eigenvalue weighted by molar-refractivity contribution is -0.161. The van der Waals surface area contributed by atoms with Gasteiger partial charge in [0.25, 0.3) is 0 Å². The van der Waals surface area contributed by atoms with E-state index < -0.39 is 97.5 Å². The first-order valence-corrected chi connectivity index (χ1v) is 42.4. The molecule has 0 heterocycles. The molecule has 95 heavy (non-hydrogen) atoms. The first-order chi connectivity index (χ1) is 45.8. The van der Waals surface area contributed by atoms with Gasteiger partial charge in [-0.2, -0.15) is 0 Å². The highest BCUT2D eigenvalue weighted by Crippen LogP contribution is 2.45. The normalized spacial score (nSPS) is 14.6. The molecule has 0 bridgehead atoms. The highest BCUT2D eigenvalue weighted by atomic mass is 31.2. The molecule has 0 rings (SSSR count). The smallest absolute Gasteiger partial charge is 0.462 e. The van der Waals surface area contributed by atoms with Crippen LogP contribution in [0, 0.1) is 17.8 Å². The molecule has 0 spiro atoms. The number of phosphoric ester groups is 2. The van der Waals surface area contributed by atoms with E-state index in [0.717, 1.165) is 114 Å². The lowest BCUT2D eigenvalue weighted by Crippen LogP contribution is -2.30. The molecule has 4 unspecified atom stereocenters. The van der Waals surface area contributed by atoms with Gasteiger partial charge in [0.1, 0.15) is 19.3 Å². The monoisotopic (exact) mass is 1400 g/mol. The van der Waals surface area contributed by atoms with Crippen LogP contribution in [0.1, 0.15) is 389 Å². The highest BCUT2D eigenvalue weighted by Gasteiger charge is 2.30. The molecule has 0 saturated carbocycles. The minimum absolute atomic E-state index is 0.105. The van der Waals surface area contributed by atoms with Gasteiger partial charge in [-0.1, -0.05) is 337 Å². The number of carbonyl (C=O) groups is 4. The van der Waals surface area contributed by atoms with Gasteiger partial charge in [0.2, 0.25) is 0 Å². The Morgan fingerprint density at radius 2 is 0.537 bits per heavy atom. The van der Waals surface area contributed by atoms with Crippen LogP contribution in [0.2, 0.25) is 0 Å². The Kier molecular flexibility index (Phi) is 65.2. The summed E-state index contributed by atoms with van der Waals surface area (Å²) in [5, 5.41) is 10.6. The van der Waals surface area contributed by atoms with Crippen molar-refractivity contribution in [3.63, 3.8) is 0 Å². The third-order valence-corrected chi connectivity index (χ3v) is 20.3. The number of ether oxygens (including phenoxy) is 4. The molecule has 0 aromatic heterocycles. The van der Waals surface area contributed by atoms with E-state index in [-0.39, 0.29) is 25.7 Å². The van der Waals surface area contributed by atoms with Crippen LogP contribution in [0.3, 0.4) is 0 Å². The fourth-order valence-corrected chi connectivity index (χ4v) is 13.1. The summed E-state index contributed by atoms with van der Waals surface area (Å²) in [5.41, 5.74) is 0. The van der Waals surface area contributed by atoms with Gasteiger partial charge in [0, 0.05) is 25.7 Å². The quantitative estimate of drug-likeness (QED) is 0.0222. The van der Waals surface area contributed by atoms with Gasteiger partial charge in [0.15, 0.2) is 12.2 Å². The van der Waals surface area contributed by atoms with E-state index in [1.54, 1.807) is 0 Å². The van der Waals surface area contributed by atoms with Gasteiger partial charge in [-0.25, -0.2) is 9.13 Å². The zero-order valence-corrected chi connectivity index (χ0v) is 63.9. The first kappa shape index (κ1) is 93.1. The fourth-order valence-electron chi connectivity index (χ4n) is 11.5. The molecule has 0 aliphatic rings. The molecule has 19 heteroatoms. The molecule has 0 saturated heterocycles. The number of phosphoric acid groups is 2. The van der Waals surface area contributed by atoms with E-state index in [1.807, 2.05) is 0 Å². The third-order valence-electron chi connectivity index (χ3n) is 18.4. The summed E-state index contributed by atoms with van der Waals surface area (Å²) in [6, 6.07) is 0.